The van der Waals surface area contributed by atoms with Crippen LogP contribution < -0.4 is 0 Å². The molecule has 2 aromatic heterocycles. The van der Waals surface area contributed by atoms with Gasteiger partial charge in [-0.2, -0.15) is 0 Å². The van der Waals surface area contributed by atoms with E-state index in [1.165, 1.54) is 4.88 Å². The Morgan fingerprint density at radius 2 is 2.10 bits per heavy atom. The lowest BCUT2D eigenvalue weighted by Crippen LogP contribution is -2.24. The average molecular weight is 405 g/mol. The van der Waals surface area contributed by atoms with E-state index in [4.69, 9.17) is 14.5 Å². The molecule has 0 radical (unpaired) electrons. The standard InChI is InChI=1S/C23H19NO4S/c25-22-19(10-11-27-22)28-23(26)20-16-7-1-2-9-18(16)24-21-14(5-3-8-17(20)21)13-15-6-4-12-29-15/h1-2,4,6-7,9,12-13,19H,3,5,8,10-11H2/b14-13+/t19-/m1/s1. The maximum atomic E-state index is 13.2. The zero-order valence-electron chi connectivity index (χ0n) is 15.7. The highest BCUT2D eigenvalue weighted by Crippen LogP contribution is 2.37. The minimum atomic E-state index is -0.824. The highest BCUT2D eigenvalue weighted by Gasteiger charge is 2.33. The first-order valence-corrected chi connectivity index (χ1v) is 10.6. The summed E-state index contributed by atoms with van der Waals surface area (Å²) < 4.78 is 10.5. The third-order valence-corrected chi connectivity index (χ3v) is 6.19. The van der Waals surface area contributed by atoms with Gasteiger partial charge in [-0.1, -0.05) is 24.3 Å². The number of carbonyl (C=O) groups excluding carboxylic acids is 2. The van der Waals surface area contributed by atoms with E-state index in [1.807, 2.05) is 35.7 Å². The first-order valence-electron chi connectivity index (χ1n) is 9.74. The molecule has 5 rings (SSSR count). The summed E-state index contributed by atoms with van der Waals surface area (Å²) in [6.07, 6.45) is 4.35. The van der Waals surface area contributed by atoms with Gasteiger partial charge in [0, 0.05) is 16.7 Å². The van der Waals surface area contributed by atoms with Crippen molar-refractivity contribution in [1.29, 1.82) is 0 Å². The van der Waals surface area contributed by atoms with Crippen molar-refractivity contribution >= 4 is 45.8 Å². The van der Waals surface area contributed by atoms with Crippen LogP contribution in [0.5, 0.6) is 0 Å². The normalized spacial score (nSPS) is 19.9. The van der Waals surface area contributed by atoms with Crippen molar-refractivity contribution in [3.8, 4) is 0 Å². The summed E-state index contributed by atoms with van der Waals surface area (Å²) in [5, 5.41) is 2.81. The number of para-hydroxylation sites is 1. The second-order valence-corrected chi connectivity index (χ2v) is 8.20. The number of fused-ring (bicyclic) bond motifs is 2. The second kappa shape index (κ2) is 7.44. The molecule has 1 aromatic carbocycles. The number of hydrogen-bond acceptors (Lipinski definition) is 6. The van der Waals surface area contributed by atoms with E-state index in [-0.39, 0.29) is 0 Å². The molecule has 1 atom stereocenters. The molecule has 0 amide bonds. The molecule has 3 aromatic rings. The van der Waals surface area contributed by atoms with Gasteiger partial charge >= 0.3 is 11.9 Å². The zero-order chi connectivity index (χ0) is 19.8. The van der Waals surface area contributed by atoms with Gasteiger partial charge in [0.1, 0.15) is 0 Å². The van der Waals surface area contributed by atoms with Crippen molar-refractivity contribution in [3.05, 3.63) is 63.5 Å². The summed E-state index contributed by atoms with van der Waals surface area (Å²) in [6, 6.07) is 11.7. The minimum Gasteiger partial charge on any atom is -0.463 e. The summed E-state index contributed by atoms with van der Waals surface area (Å²) in [5.41, 5.74) is 4.19. The number of aromatic nitrogens is 1. The first-order chi connectivity index (χ1) is 14.2. The molecule has 6 heteroatoms. The number of esters is 2. The molecule has 0 saturated carbocycles. The number of pyridine rings is 1. The number of benzene rings is 1. The van der Waals surface area contributed by atoms with Crippen LogP contribution in [-0.4, -0.2) is 29.6 Å². The summed E-state index contributed by atoms with van der Waals surface area (Å²) in [4.78, 5) is 31.1. The third kappa shape index (κ3) is 3.34. The molecule has 1 aliphatic heterocycles. The maximum Gasteiger partial charge on any atom is 0.347 e. The number of cyclic esters (lactones) is 1. The summed E-state index contributed by atoms with van der Waals surface area (Å²) in [7, 11) is 0. The number of allylic oxidation sites excluding steroid dienone is 1. The van der Waals surface area contributed by atoms with Crippen LogP contribution >= 0.6 is 11.3 Å². The lowest BCUT2D eigenvalue weighted by molar-refractivity contribution is -0.145. The van der Waals surface area contributed by atoms with E-state index in [0.717, 1.165) is 47.0 Å². The van der Waals surface area contributed by atoms with Gasteiger partial charge in [-0.15, -0.1) is 11.3 Å². The van der Waals surface area contributed by atoms with Crippen molar-refractivity contribution in [2.24, 2.45) is 0 Å². The van der Waals surface area contributed by atoms with Crippen LogP contribution in [0.25, 0.3) is 22.6 Å². The number of ether oxygens (including phenoxy) is 2. The topological polar surface area (TPSA) is 65.5 Å². The molecule has 1 aliphatic carbocycles. The Morgan fingerprint density at radius 3 is 2.90 bits per heavy atom. The van der Waals surface area contributed by atoms with Gasteiger partial charge in [-0.05, 0) is 54.0 Å². The SMILES string of the molecule is O=C(O[C@@H]1CCOC1=O)c1c2c(nc3ccccc13)/C(=C/c1cccs1)CCC2. The average Bonchev–Trinajstić information content (AvgIpc) is 3.38. The molecule has 1 saturated heterocycles. The number of hydrogen-bond donors (Lipinski definition) is 0. The smallest absolute Gasteiger partial charge is 0.347 e. The van der Waals surface area contributed by atoms with Gasteiger partial charge in [-0.3, -0.25) is 0 Å². The Hall–Kier alpha value is -2.99. The molecule has 5 nitrogen and oxygen atoms in total. The molecular formula is C23H19NO4S. The van der Waals surface area contributed by atoms with E-state index < -0.39 is 18.0 Å². The minimum absolute atomic E-state index is 0.291. The fourth-order valence-corrected chi connectivity index (χ4v) is 4.71. The molecule has 1 fully saturated rings. The maximum absolute atomic E-state index is 13.2. The summed E-state index contributed by atoms with van der Waals surface area (Å²) in [5.74, 6) is -0.940. The lowest BCUT2D eigenvalue weighted by Gasteiger charge is -2.22. The molecular weight excluding hydrogens is 386 g/mol. The van der Waals surface area contributed by atoms with Gasteiger partial charge < -0.3 is 9.47 Å². The van der Waals surface area contributed by atoms with E-state index in [0.29, 0.717) is 18.6 Å². The highest BCUT2D eigenvalue weighted by atomic mass is 32.1. The van der Waals surface area contributed by atoms with E-state index in [9.17, 15) is 9.59 Å². The molecule has 0 spiro atoms. The van der Waals surface area contributed by atoms with Crippen molar-refractivity contribution in [2.75, 3.05) is 6.61 Å². The molecule has 29 heavy (non-hydrogen) atoms. The van der Waals surface area contributed by atoms with Crippen LogP contribution in [0.15, 0.2) is 41.8 Å². The predicted octanol–water partition coefficient (Wildman–Crippen LogP) is 4.65. The quantitative estimate of drug-likeness (QED) is 0.594. The van der Waals surface area contributed by atoms with Gasteiger partial charge in [-0.25, -0.2) is 14.6 Å². The van der Waals surface area contributed by atoms with Crippen LogP contribution in [0.2, 0.25) is 0 Å². The van der Waals surface area contributed by atoms with Gasteiger partial charge in [0.2, 0.25) is 6.10 Å². The number of nitrogens with zero attached hydrogens (tertiary/aromatic N) is 1. The molecule has 146 valence electrons. The Morgan fingerprint density at radius 1 is 1.21 bits per heavy atom. The second-order valence-electron chi connectivity index (χ2n) is 7.22. The van der Waals surface area contributed by atoms with Crippen molar-refractivity contribution in [2.45, 2.75) is 31.8 Å². The molecule has 0 N–H and O–H groups in total. The third-order valence-electron chi connectivity index (χ3n) is 5.37. The van der Waals surface area contributed by atoms with Gasteiger partial charge in [0.15, 0.2) is 0 Å². The largest absolute Gasteiger partial charge is 0.463 e. The zero-order valence-corrected chi connectivity index (χ0v) is 16.5. The molecule has 0 unspecified atom stereocenters. The number of rotatable bonds is 3. The van der Waals surface area contributed by atoms with Crippen LogP contribution in [0.3, 0.4) is 0 Å². The Kier molecular flexibility index (Phi) is 4.64. The van der Waals surface area contributed by atoms with Crippen LogP contribution in [0.1, 0.15) is 45.8 Å². The van der Waals surface area contributed by atoms with Gasteiger partial charge in [0.05, 0.1) is 23.4 Å². The molecule has 0 bridgehead atoms. The van der Waals surface area contributed by atoms with Crippen molar-refractivity contribution < 1.29 is 19.1 Å². The number of carbonyl (C=O) groups is 2. The highest BCUT2D eigenvalue weighted by molar-refractivity contribution is 7.10. The van der Waals surface area contributed by atoms with Crippen molar-refractivity contribution in [3.63, 3.8) is 0 Å². The van der Waals surface area contributed by atoms with E-state index >= 15 is 0 Å². The predicted molar refractivity (Wildman–Crippen MR) is 112 cm³/mol. The van der Waals surface area contributed by atoms with Crippen LogP contribution in [-0.2, 0) is 20.7 Å². The molecule has 3 heterocycles. The molecule has 2 aliphatic rings. The Bertz CT molecular complexity index is 1130. The van der Waals surface area contributed by atoms with Gasteiger partial charge in [0.25, 0.3) is 0 Å². The fourth-order valence-electron chi connectivity index (χ4n) is 4.03. The Labute approximate surface area is 172 Å². The van der Waals surface area contributed by atoms with Crippen LogP contribution in [0.4, 0.5) is 0 Å². The lowest BCUT2D eigenvalue weighted by atomic mass is 9.86. The fraction of sp³-hybridized carbons (Fsp3) is 0.261. The monoisotopic (exact) mass is 405 g/mol. The summed E-state index contributed by atoms with van der Waals surface area (Å²) in [6.45, 7) is 0.291. The van der Waals surface area contributed by atoms with E-state index in [1.54, 1.807) is 11.3 Å². The number of thiophene rings is 1. The summed E-state index contributed by atoms with van der Waals surface area (Å²) >= 11 is 1.68. The Balaban J connectivity index is 1.65. The van der Waals surface area contributed by atoms with Crippen molar-refractivity contribution in [1.82, 2.24) is 4.98 Å². The van der Waals surface area contributed by atoms with E-state index in [2.05, 4.69) is 12.1 Å². The van der Waals surface area contributed by atoms with Crippen LogP contribution in [0, 0.1) is 0 Å². The first kappa shape index (κ1) is 18.1.